The van der Waals surface area contributed by atoms with Crippen molar-refractivity contribution in [1.29, 1.82) is 0 Å². The van der Waals surface area contributed by atoms with Gasteiger partial charge in [0, 0.05) is 5.69 Å². The molecular weight excluding hydrogens is 407 g/mol. The first-order valence-corrected chi connectivity index (χ1v) is 9.78. The van der Waals surface area contributed by atoms with Crippen molar-refractivity contribution in [3.8, 4) is 0 Å². The number of aryl methyl sites for hydroxylation is 1. The molecule has 0 aliphatic rings. The summed E-state index contributed by atoms with van der Waals surface area (Å²) in [5.74, 6) is 0. The number of urea groups is 1. The molecule has 1 atom stereocenters. The van der Waals surface area contributed by atoms with Crippen LogP contribution >= 0.6 is 34.8 Å². The van der Waals surface area contributed by atoms with Gasteiger partial charge in [-0.25, -0.2) is 13.2 Å². The quantitative estimate of drug-likeness (QED) is 0.723. The molecule has 0 heterocycles. The zero-order valence-electron chi connectivity index (χ0n) is 13.0. The van der Waals surface area contributed by atoms with E-state index in [0.717, 1.165) is 5.56 Å². The number of carbonyl (C=O) groups excluding carboxylic acids is 1. The number of benzene rings is 2. The molecule has 0 radical (unpaired) electrons. The maximum atomic E-state index is 12.8. The van der Waals surface area contributed by atoms with E-state index in [0.29, 0.717) is 5.69 Å². The molecule has 1 unspecified atom stereocenters. The van der Waals surface area contributed by atoms with Gasteiger partial charge in [0.05, 0.1) is 4.90 Å². The van der Waals surface area contributed by atoms with Crippen LogP contribution in [0, 0.1) is 6.92 Å². The third kappa shape index (κ3) is 5.25. The Labute approximate surface area is 161 Å². The maximum Gasteiger partial charge on any atom is 0.320 e. The Kier molecular flexibility index (Phi) is 6.21. The van der Waals surface area contributed by atoms with Gasteiger partial charge in [-0.05, 0) is 31.2 Å². The topological polar surface area (TPSA) is 75.3 Å². The lowest BCUT2D eigenvalue weighted by atomic mass is 10.2. The van der Waals surface area contributed by atoms with Crippen molar-refractivity contribution in [2.45, 2.75) is 21.0 Å². The lowest BCUT2D eigenvalue weighted by Gasteiger charge is -2.25. The smallest absolute Gasteiger partial charge is 0.317 e. The third-order valence-electron chi connectivity index (χ3n) is 3.25. The van der Waals surface area contributed by atoms with E-state index in [4.69, 9.17) is 34.8 Å². The predicted molar refractivity (Wildman–Crippen MR) is 101 cm³/mol. The third-order valence-corrected chi connectivity index (χ3v) is 6.32. The minimum absolute atomic E-state index is 0.0607. The van der Waals surface area contributed by atoms with Crippen LogP contribution in [-0.2, 0) is 9.84 Å². The Morgan fingerprint density at radius 1 is 1.00 bits per heavy atom. The van der Waals surface area contributed by atoms with Crippen molar-refractivity contribution >= 4 is 56.4 Å². The molecule has 0 aromatic heterocycles. The monoisotopic (exact) mass is 420 g/mol. The second kappa shape index (κ2) is 7.83. The van der Waals surface area contributed by atoms with E-state index in [1.807, 2.05) is 6.92 Å². The highest BCUT2D eigenvalue weighted by Gasteiger charge is 2.44. The standard InChI is InChI=1S/C16H15Cl3N2O3S/c1-11-7-9-13(10-8-11)25(23,24)14(16(17,18)19)21-15(22)20-12-5-3-2-4-6-12/h2-10,14H,1H3,(H2,20,21,22). The van der Waals surface area contributed by atoms with Gasteiger partial charge >= 0.3 is 6.03 Å². The molecule has 2 rings (SSSR count). The first-order chi connectivity index (χ1) is 11.6. The summed E-state index contributed by atoms with van der Waals surface area (Å²) in [6.45, 7) is 1.81. The normalized spacial score (nSPS) is 13.1. The largest absolute Gasteiger partial charge is 0.320 e. The van der Waals surface area contributed by atoms with Gasteiger partial charge in [0.1, 0.15) is 0 Å². The summed E-state index contributed by atoms with van der Waals surface area (Å²) in [7, 11) is -4.13. The van der Waals surface area contributed by atoms with Gasteiger partial charge in [0.25, 0.3) is 0 Å². The van der Waals surface area contributed by atoms with Crippen molar-refractivity contribution < 1.29 is 13.2 Å². The molecule has 0 fully saturated rings. The number of hydrogen-bond donors (Lipinski definition) is 2. The number of alkyl halides is 3. The Balaban J connectivity index is 2.27. The molecule has 0 saturated heterocycles. The van der Waals surface area contributed by atoms with Crippen molar-refractivity contribution in [2.75, 3.05) is 5.32 Å². The molecule has 0 aliphatic carbocycles. The molecule has 0 bridgehead atoms. The molecule has 2 N–H and O–H groups in total. The zero-order valence-corrected chi connectivity index (χ0v) is 16.1. The van der Waals surface area contributed by atoms with E-state index in [1.165, 1.54) is 12.1 Å². The van der Waals surface area contributed by atoms with Crippen LogP contribution in [0.2, 0.25) is 0 Å². The Morgan fingerprint density at radius 2 is 1.56 bits per heavy atom. The van der Waals surface area contributed by atoms with E-state index in [9.17, 15) is 13.2 Å². The highest BCUT2D eigenvalue weighted by Crippen LogP contribution is 2.35. The van der Waals surface area contributed by atoms with Crippen LogP contribution in [0.15, 0.2) is 59.5 Å². The lowest BCUT2D eigenvalue weighted by Crippen LogP contribution is -2.50. The van der Waals surface area contributed by atoms with Crippen molar-refractivity contribution in [3.05, 3.63) is 60.2 Å². The lowest BCUT2D eigenvalue weighted by molar-refractivity contribution is 0.251. The SMILES string of the molecule is Cc1ccc(S(=O)(=O)C(NC(=O)Nc2ccccc2)C(Cl)(Cl)Cl)cc1. The molecule has 5 nitrogen and oxygen atoms in total. The molecular formula is C16H15Cl3N2O3S. The molecule has 25 heavy (non-hydrogen) atoms. The van der Waals surface area contributed by atoms with Gasteiger partial charge in [0.15, 0.2) is 5.37 Å². The van der Waals surface area contributed by atoms with Crippen LogP contribution in [0.5, 0.6) is 0 Å². The zero-order chi connectivity index (χ0) is 18.7. The van der Waals surface area contributed by atoms with E-state index in [-0.39, 0.29) is 4.90 Å². The average molecular weight is 422 g/mol. The number of rotatable bonds is 4. The summed E-state index contributed by atoms with van der Waals surface area (Å²) >= 11 is 17.5. The molecule has 134 valence electrons. The minimum Gasteiger partial charge on any atom is -0.317 e. The number of hydrogen-bond acceptors (Lipinski definition) is 3. The van der Waals surface area contributed by atoms with Crippen LogP contribution in [0.4, 0.5) is 10.5 Å². The number of para-hydroxylation sites is 1. The molecule has 2 aromatic carbocycles. The average Bonchev–Trinajstić information content (AvgIpc) is 2.53. The molecule has 2 amide bonds. The van der Waals surface area contributed by atoms with E-state index in [1.54, 1.807) is 42.5 Å². The fraction of sp³-hybridized carbons (Fsp3) is 0.188. The van der Waals surface area contributed by atoms with Crippen LogP contribution in [0.3, 0.4) is 0 Å². The number of carbonyl (C=O) groups is 1. The number of nitrogens with one attached hydrogen (secondary N) is 2. The molecule has 0 spiro atoms. The van der Waals surface area contributed by atoms with Gasteiger partial charge in [-0.2, -0.15) is 0 Å². The first kappa shape index (κ1) is 19.8. The molecule has 0 aliphatic heterocycles. The summed E-state index contributed by atoms with van der Waals surface area (Å²) < 4.78 is 23.3. The van der Waals surface area contributed by atoms with Gasteiger partial charge < -0.3 is 10.6 Å². The second-order valence-corrected chi connectivity index (χ2v) is 9.65. The van der Waals surface area contributed by atoms with Crippen LogP contribution < -0.4 is 10.6 Å². The van der Waals surface area contributed by atoms with E-state index in [2.05, 4.69) is 10.6 Å². The second-order valence-electron chi connectivity index (χ2n) is 5.24. The summed E-state index contributed by atoms with van der Waals surface area (Å²) in [5.41, 5.74) is 1.34. The van der Waals surface area contributed by atoms with Crippen LogP contribution in [0.1, 0.15) is 5.56 Å². The fourth-order valence-electron chi connectivity index (χ4n) is 2.01. The predicted octanol–water partition coefficient (Wildman–Crippen LogP) is 4.29. The summed E-state index contributed by atoms with van der Waals surface area (Å²) in [5, 5.41) is 2.94. The minimum atomic E-state index is -4.13. The Hall–Kier alpha value is -1.47. The number of halogens is 3. The van der Waals surface area contributed by atoms with Crippen molar-refractivity contribution in [3.63, 3.8) is 0 Å². The molecule has 2 aromatic rings. The Morgan fingerprint density at radius 3 is 2.08 bits per heavy atom. The number of amides is 2. The van der Waals surface area contributed by atoms with Crippen LogP contribution in [-0.4, -0.2) is 23.6 Å². The first-order valence-electron chi connectivity index (χ1n) is 7.10. The summed E-state index contributed by atoms with van der Waals surface area (Å²) in [6.07, 6.45) is 0. The van der Waals surface area contributed by atoms with E-state index < -0.39 is 25.0 Å². The highest BCUT2D eigenvalue weighted by molar-refractivity contribution is 7.92. The maximum absolute atomic E-state index is 12.8. The highest BCUT2D eigenvalue weighted by atomic mass is 35.6. The Bertz CT molecular complexity index is 835. The van der Waals surface area contributed by atoms with Gasteiger partial charge in [0.2, 0.25) is 13.6 Å². The summed E-state index contributed by atoms with van der Waals surface area (Å²) in [6, 6.07) is 13.7. The number of sulfone groups is 1. The van der Waals surface area contributed by atoms with Gasteiger partial charge in [-0.1, -0.05) is 70.7 Å². The van der Waals surface area contributed by atoms with E-state index >= 15 is 0 Å². The van der Waals surface area contributed by atoms with Crippen LogP contribution in [0.25, 0.3) is 0 Å². The summed E-state index contributed by atoms with van der Waals surface area (Å²) in [4.78, 5) is 12.1. The van der Waals surface area contributed by atoms with Gasteiger partial charge in [-0.3, -0.25) is 0 Å². The van der Waals surface area contributed by atoms with Crippen molar-refractivity contribution in [2.24, 2.45) is 0 Å². The number of anilines is 1. The van der Waals surface area contributed by atoms with Crippen molar-refractivity contribution in [1.82, 2.24) is 5.32 Å². The van der Waals surface area contributed by atoms with Gasteiger partial charge in [-0.15, -0.1) is 0 Å². The fourth-order valence-corrected chi connectivity index (χ4v) is 4.63. The molecule has 0 saturated carbocycles. The molecule has 9 heteroatoms.